The van der Waals surface area contributed by atoms with Crippen LogP contribution in [0, 0.1) is 0 Å². The molecule has 20 heavy (non-hydrogen) atoms. The van der Waals surface area contributed by atoms with Gasteiger partial charge in [-0.15, -0.1) is 0 Å². The molecule has 1 unspecified atom stereocenters. The van der Waals surface area contributed by atoms with Gasteiger partial charge >= 0.3 is 0 Å². The van der Waals surface area contributed by atoms with Crippen molar-refractivity contribution in [3.05, 3.63) is 26.6 Å². The van der Waals surface area contributed by atoms with Crippen LogP contribution >= 0.6 is 43.6 Å². The zero-order valence-electron chi connectivity index (χ0n) is 11.8. The standard InChI is InChI=1S/C15H21Br2NOS/c1-2-19-15-11(7-12(16)8-14(15)17)9-18-10-13-5-3-4-6-20-13/h7-8,13,18H,2-6,9-10H2,1H3. The quantitative estimate of drug-likeness (QED) is 0.697. The SMILES string of the molecule is CCOc1c(Br)cc(Br)cc1CNCC1CCCCS1. The number of nitrogens with one attached hydrogen (secondary N) is 1. The molecule has 2 rings (SSSR count). The van der Waals surface area contributed by atoms with Gasteiger partial charge in [0.05, 0.1) is 11.1 Å². The number of ether oxygens (including phenoxy) is 1. The van der Waals surface area contributed by atoms with Crippen LogP contribution in [0.15, 0.2) is 21.1 Å². The lowest BCUT2D eigenvalue weighted by atomic mass is 10.1. The lowest BCUT2D eigenvalue weighted by Crippen LogP contribution is -2.26. The lowest BCUT2D eigenvalue weighted by Gasteiger charge is -2.22. The van der Waals surface area contributed by atoms with Crippen LogP contribution in [0.2, 0.25) is 0 Å². The summed E-state index contributed by atoms with van der Waals surface area (Å²) in [5.41, 5.74) is 1.20. The van der Waals surface area contributed by atoms with Gasteiger partial charge in [-0.25, -0.2) is 0 Å². The van der Waals surface area contributed by atoms with Crippen LogP contribution in [-0.4, -0.2) is 24.2 Å². The van der Waals surface area contributed by atoms with Crippen molar-refractivity contribution in [2.45, 2.75) is 38.0 Å². The molecule has 1 aromatic carbocycles. The molecule has 1 heterocycles. The van der Waals surface area contributed by atoms with Crippen LogP contribution in [0.4, 0.5) is 0 Å². The Morgan fingerprint density at radius 3 is 2.90 bits per heavy atom. The monoisotopic (exact) mass is 421 g/mol. The molecule has 0 saturated carbocycles. The van der Waals surface area contributed by atoms with Gasteiger partial charge in [-0.2, -0.15) is 11.8 Å². The summed E-state index contributed by atoms with van der Waals surface area (Å²) in [7, 11) is 0. The molecule has 1 atom stereocenters. The third-order valence-electron chi connectivity index (χ3n) is 3.34. The molecule has 1 saturated heterocycles. The van der Waals surface area contributed by atoms with Gasteiger partial charge in [0.2, 0.25) is 0 Å². The third-order valence-corrected chi connectivity index (χ3v) is 5.78. The maximum atomic E-state index is 5.75. The Balaban J connectivity index is 1.93. The van der Waals surface area contributed by atoms with E-state index in [2.05, 4.69) is 55.0 Å². The van der Waals surface area contributed by atoms with E-state index in [1.54, 1.807) is 0 Å². The van der Waals surface area contributed by atoms with Crippen molar-refractivity contribution in [2.75, 3.05) is 18.9 Å². The van der Waals surface area contributed by atoms with Crippen molar-refractivity contribution in [3.8, 4) is 5.75 Å². The molecular formula is C15H21Br2NOS. The summed E-state index contributed by atoms with van der Waals surface area (Å²) in [6.45, 7) is 4.64. The number of thioether (sulfide) groups is 1. The third kappa shape index (κ3) is 4.93. The van der Waals surface area contributed by atoms with Crippen LogP contribution in [-0.2, 0) is 6.54 Å². The first-order chi connectivity index (χ1) is 9.70. The highest BCUT2D eigenvalue weighted by Crippen LogP contribution is 2.33. The number of hydrogen-bond acceptors (Lipinski definition) is 3. The molecule has 0 aromatic heterocycles. The summed E-state index contributed by atoms with van der Waals surface area (Å²) in [4.78, 5) is 0. The highest BCUT2D eigenvalue weighted by molar-refractivity contribution is 9.11. The second-order valence-electron chi connectivity index (χ2n) is 4.93. The van der Waals surface area contributed by atoms with Crippen molar-refractivity contribution in [3.63, 3.8) is 0 Å². The molecule has 1 aromatic rings. The van der Waals surface area contributed by atoms with E-state index >= 15 is 0 Å². The van der Waals surface area contributed by atoms with Crippen LogP contribution in [0.5, 0.6) is 5.75 Å². The molecule has 0 spiro atoms. The molecule has 1 N–H and O–H groups in total. The Labute approximate surface area is 142 Å². The molecule has 0 amide bonds. The summed E-state index contributed by atoms with van der Waals surface area (Å²) in [6.07, 6.45) is 4.11. The molecule has 1 aliphatic heterocycles. The Morgan fingerprint density at radius 2 is 2.20 bits per heavy atom. The Kier molecular flexibility index (Phi) is 7.22. The molecule has 2 nitrogen and oxygen atoms in total. The molecule has 1 fully saturated rings. The molecule has 0 aliphatic carbocycles. The minimum atomic E-state index is 0.686. The topological polar surface area (TPSA) is 21.3 Å². The van der Waals surface area contributed by atoms with Gasteiger partial charge < -0.3 is 10.1 Å². The van der Waals surface area contributed by atoms with E-state index in [1.807, 2.05) is 13.0 Å². The molecule has 5 heteroatoms. The van der Waals surface area contributed by atoms with Gasteiger partial charge in [0, 0.05) is 28.4 Å². The second kappa shape index (κ2) is 8.66. The van der Waals surface area contributed by atoms with Crippen molar-refractivity contribution in [1.82, 2.24) is 5.32 Å². The molecule has 0 radical (unpaired) electrons. The largest absolute Gasteiger partial charge is 0.492 e. The highest BCUT2D eigenvalue weighted by Gasteiger charge is 2.14. The van der Waals surface area contributed by atoms with Gasteiger partial charge in [0.15, 0.2) is 0 Å². The molecule has 112 valence electrons. The predicted octanol–water partition coefficient (Wildman–Crippen LogP) is 4.99. The fourth-order valence-electron chi connectivity index (χ4n) is 2.39. The lowest BCUT2D eigenvalue weighted by molar-refractivity contribution is 0.333. The number of benzene rings is 1. The van der Waals surface area contributed by atoms with Gasteiger partial charge in [0.25, 0.3) is 0 Å². The van der Waals surface area contributed by atoms with Crippen LogP contribution in [0.3, 0.4) is 0 Å². The Bertz CT molecular complexity index is 436. The summed E-state index contributed by atoms with van der Waals surface area (Å²) in [5, 5.41) is 4.36. The zero-order valence-corrected chi connectivity index (χ0v) is 15.7. The van der Waals surface area contributed by atoms with Crippen molar-refractivity contribution >= 4 is 43.6 Å². The minimum absolute atomic E-state index is 0.686. The maximum absolute atomic E-state index is 5.75. The predicted molar refractivity (Wildman–Crippen MR) is 94.8 cm³/mol. The number of rotatable bonds is 6. The van der Waals surface area contributed by atoms with Gasteiger partial charge in [-0.3, -0.25) is 0 Å². The molecule has 1 aliphatic rings. The average molecular weight is 423 g/mol. The van der Waals surface area contributed by atoms with Gasteiger partial charge in [-0.1, -0.05) is 22.4 Å². The van der Waals surface area contributed by atoms with Gasteiger partial charge in [-0.05, 0) is 53.6 Å². The number of halogens is 2. The number of hydrogen-bond donors (Lipinski definition) is 1. The van der Waals surface area contributed by atoms with Crippen molar-refractivity contribution in [1.29, 1.82) is 0 Å². The minimum Gasteiger partial charge on any atom is -0.492 e. The maximum Gasteiger partial charge on any atom is 0.138 e. The first-order valence-corrected chi connectivity index (χ1v) is 9.77. The van der Waals surface area contributed by atoms with E-state index in [0.29, 0.717) is 6.61 Å². The smallest absolute Gasteiger partial charge is 0.138 e. The van der Waals surface area contributed by atoms with E-state index in [-0.39, 0.29) is 0 Å². The van der Waals surface area contributed by atoms with E-state index in [9.17, 15) is 0 Å². The van der Waals surface area contributed by atoms with Crippen LogP contribution in [0.25, 0.3) is 0 Å². The molecular weight excluding hydrogens is 402 g/mol. The summed E-state index contributed by atoms with van der Waals surface area (Å²) in [6, 6.07) is 4.17. The summed E-state index contributed by atoms with van der Waals surface area (Å²) >= 11 is 9.24. The van der Waals surface area contributed by atoms with Crippen molar-refractivity contribution in [2.24, 2.45) is 0 Å². The van der Waals surface area contributed by atoms with Crippen molar-refractivity contribution < 1.29 is 4.74 Å². The first-order valence-electron chi connectivity index (χ1n) is 7.13. The van der Waals surface area contributed by atoms with Crippen LogP contribution in [0.1, 0.15) is 31.7 Å². The van der Waals surface area contributed by atoms with E-state index in [4.69, 9.17) is 4.74 Å². The van der Waals surface area contributed by atoms with Crippen LogP contribution < -0.4 is 10.1 Å². The Morgan fingerprint density at radius 1 is 1.35 bits per heavy atom. The van der Waals surface area contributed by atoms with E-state index in [0.717, 1.165) is 33.0 Å². The normalized spacial score (nSPS) is 19.1. The fourth-order valence-corrected chi connectivity index (χ4v) is 5.09. The zero-order chi connectivity index (χ0) is 14.4. The summed E-state index contributed by atoms with van der Waals surface area (Å²) < 4.78 is 7.84. The Hall–Kier alpha value is 0.290. The fraction of sp³-hybridized carbons (Fsp3) is 0.600. The van der Waals surface area contributed by atoms with E-state index < -0.39 is 0 Å². The second-order valence-corrected chi connectivity index (χ2v) is 8.11. The van der Waals surface area contributed by atoms with E-state index in [1.165, 1.54) is 30.6 Å². The summed E-state index contributed by atoms with van der Waals surface area (Å²) in [5.74, 6) is 2.28. The molecule has 0 bridgehead atoms. The highest BCUT2D eigenvalue weighted by atomic mass is 79.9. The average Bonchev–Trinajstić information content (AvgIpc) is 2.43. The first kappa shape index (κ1) is 16.7. The van der Waals surface area contributed by atoms with Gasteiger partial charge in [0.1, 0.15) is 5.75 Å².